The highest BCUT2D eigenvalue weighted by Crippen LogP contribution is 2.24. The molecule has 8 heteroatoms. The van der Waals surface area contributed by atoms with Gasteiger partial charge in [-0.25, -0.2) is 8.98 Å². The Kier molecular flexibility index (Phi) is 6.41. The standard InChI is InChI=1S/C12H16ClNO5S/c1-8(2)6-14(7-19-20(17)18)9-3-4-10(12(15)16)11(13)5-9/h3-5,8H,6-7H2,1-2H3,(H,15,16)(H,17,18). The van der Waals surface area contributed by atoms with E-state index in [2.05, 4.69) is 4.18 Å². The molecule has 1 unspecified atom stereocenters. The second-order valence-corrected chi connectivity index (χ2v) is 5.63. The van der Waals surface area contributed by atoms with Crippen molar-refractivity contribution in [2.45, 2.75) is 13.8 Å². The van der Waals surface area contributed by atoms with Gasteiger partial charge in [-0.1, -0.05) is 25.4 Å². The third kappa shape index (κ3) is 5.09. The maximum absolute atomic E-state index is 10.9. The monoisotopic (exact) mass is 321 g/mol. The van der Waals surface area contributed by atoms with Crippen LogP contribution in [0.3, 0.4) is 0 Å². The Hall–Kier alpha value is -1.15. The Bertz CT molecular complexity index is 509. The normalized spacial score (nSPS) is 12.4. The summed E-state index contributed by atoms with van der Waals surface area (Å²) in [7, 11) is 0. The van der Waals surface area contributed by atoms with Gasteiger partial charge in [0.25, 0.3) is 0 Å². The zero-order chi connectivity index (χ0) is 15.3. The molecule has 0 spiro atoms. The first-order valence-corrected chi connectivity index (χ1v) is 7.24. The minimum atomic E-state index is -2.36. The fraction of sp³-hybridized carbons (Fsp3) is 0.417. The van der Waals surface area contributed by atoms with Gasteiger partial charge in [-0.15, -0.1) is 0 Å². The molecule has 1 aromatic carbocycles. The number of rotatable bonds is 7. The topological polar surface area (TPSA) is 87.1 Å². The molecule has 1 rings (SSSR count). The predicted octanol–water partition coefficient (Wildman–Crippen LogP) is 2.61. The van der Waals surface area contributed by atoms with E-state index in [0.29, 0.717) is 12.2 Å². The third-order valence-electron chi connectivity index (χ3n) is 2.44. The lowest BCUT2D eigenvalue weighted by molar-refractivity contribution is 0.0697. The van der Waals surface area contributed by atoms with Gasteiger partial charge in [0.1, 0.15) is 6.73 Å². The fourth-order valence-electron chi connectivity index (χ4n) is 1.66. The summed E-state index contributed by atoms with van der Waals surface area (Å²) in [6.07, 6.45) is 0. The van der Waals surface area contributed by atoms with Gasteiger partial charge in [0.05, 0.1) is 10.6 Å². The summed E-state index contributed by atoms with van der Waals surface area (Å²) in [5.41, 5.74) is 0.630. The number of carboxylic acids is 1. The van der Waals surface area contributed by atoms with E-state index in [4.69, 9.17) is 21.3 Å². The third-order valence-corrected chi connectivity index (χ3v) is 3.06. The molecule has 0 amide bonds. The average molecular weight is 322 g/mol. The number of hydrogen-bond acceptors (Lipinski definition) is 4. The summed E-state index contributed by atoms with van der Waals surface area (Å²) >= 11 is 3.55. The highest BCUT2D eigenvalue weighted by atomic mass is 35.5. The summed E-state index contributed by atoms with van der Waals surface area (Å²) < 4.78 is 23.9. The van der Waals surface area contributed by atoms with Crippen molar-refractivity contribution in [3.63, 3.8) is 0 Å². The molecule has 0 bridgehead atoms. The van der Waals surface area contributed by atoms with Crippen molar-refractivity contribution in [1.29, 1.82) is 0 Å². The van der Waals surface area contributed by atoms with Crippen LogP contribution in [0.5, 0.6) is 0 Å². The van der Waals surface area contributed by atoms with Crippen LogP contribution in [-0.2, 0) is 15.5 Å². The van der Waals surface area contributed by atoms with Crippen LogP contribution in [0.2, 0.25) is 5.02 Å². The molecule has 0 aliphatic carbocycles. The molecule has 0 saturated carbocycles. The number of halogens is 1. The lowest BCUT2D eigenvalue weighted by atomic mass is 10.1. The van der Waals surface area contributed by atoms with Gasteiger partial charge in [0.15, 0.2) is 0 Å². The molecule has 6 nitrogen and oxygen atoms in total. The van der Waals surface area contributed by atoms with E-state index < -0.39 is 17.3 Å². The minimum Gasteiger partial charge on any atom is -0.478 e. The summed E-state index contributed by atoms with van der Waals surface area (Å²) in [4.78, 5) is 12.6. The Morgan fingerprint density at radius 1 is 1.50 bits per heavy atom. The van der Waals surface area contributed by atoms with E-state index in [9.17, 15) is 9.00 Å². The SMILES string of the molecule is CC(C)CN(COS(=O)O)c1ccc(C(=O)O)c(Cl)c1. The Morgan fingerprint density at radius 2 is 2.15 bits per heavy atom. The van der Waals surface area contributed by atoms with E-state index in [1.54, 1.807) is 11.0 Å². The van der Waals surface area contributed by atoms with Gasteiger partial charge in [-0.2, -0.15) is 4.21 Å². The summed E-state index contributed by atoms with van der Waals surface area (Å²) in [5, 5.41) is 9.03. The highest BCUT2D eigenvalue weighted by molar-refractivity contribution is 7.74. The van der Waals surface area contributed by atoms with Crippen LogP contribution in [0, 0.1) is 5.92 Å². The predicted molar refractivity (Wildman–Crippen MR) is 77.3 cm³/mol. The quantitative estimate of drug-likeness (QED) is 0.593. The van der Waals surface area contributed by atoms with Crippen molar-refractivity contribution in [1.82, 2.24) is 0 Å². The van der Waals surface area contributed by atoms with Crippen LogP contribution in [0.4, 0.5) is 5.69 Å². The molecule has 2 N–H and O–H groups in total. The summed E-state index contributed by atoms with van der Waals surface area (Å²) in [6.45, 7) is 4.44. The molecule has 112 valence electrons. The molecular formula is C12H16ClNO5S. The fourth-order valence-corrected chi connectivity index (χ4v) is 2.13. The molecule has 20 heavy (non-hydrogen) atoms. The second kappa shape index (κ2) is 7.58. The molecule has 1 aromatic rings. The van der Waals surface area contributed by atoms with Crippen molar-refractivity contribution in [3.05, 3.63) is 28.8 Å². The van der Waals surface area contributed by atoms with Gasteiger partial charge < -0.3 is 10.0 Å². The van der Waals surface area contributed by atoms with Crippen molar-refractivity contribution in [3.8, 4) is 0 Å². The molecule has 0 heterocycles. The van der Waals surface area contributed by atoms with Gasteiger partial charge in [0.2, 0.25) is 0 Å². The maximum atomic E-state index is 10.9. The molecule has 0 radical (unpaired) electrons. The van der Waals surface area contributed by atoms with Gasteiger partial charge in [-0.3, -0.25) is 4.55 Å². The number of carboxylic acid groups (broad SMARTS) is 1. The smallest absolute Gasteiger partial charge is 0.337 e. The van der Waals surface area contributed by atoms with Crippen molar-refractivity contribution in [2.24, 2.45) is 5.92 Å². The zero-order valence-corrected chi connectivity index (χ0v) is 12.6. The second-order valence-electron chi connectivity index (χ2n) is 4.55. The van der Waals surface area contributed by atoms with Gasteiger partial charge in [0, 0.05) is 12.2 Å². The number of carbonyl (C=O) groups is 1. The molecule has 0 aliphatic heterocycles. The van der Waals surface area contributed by atoms with Gasteiger partial charge in [-0.05, 0) is 24.1 Å². The average Bonchev–Trinajstić information content (AvgIpc) is 2.33. The van der Waals surface area contributed by atoms with Crippen LogP contribution < -0.4 is 4.90 Å². The summed E-state index contributed by atoms with van der Waals surface area (Å²) in [5.74, 6) is -0.826. The van der Waals surface area contributed by atoms with Crippen LogP contribution in [-0.4, -0.2) is 33.1 Å². The molecule has 0 saturated heterocycles. The van der Waals surface area contributed by atoms with E-state index in [1.807, 2.05) is 13.8 Å². The number of nitrogens with zero attached hydrogens (tertiary/aromatic N) is 1. The maximum Gasteiger partial charge on any atom is 0.337 e. The largest absolute Gasteiger partial charge is 0.478 e. The van der Waals surface area contributed by atoms with E-state index >= 15 is 0 Å². The van der Waals surface area contributed by atoms with E-state index in [0.717, 1.165) is 0 Å². The lowest BCUT2D eigenvalue weighted by Crippen LogP contribution is -2.30. The summed E-state index contributed by atoms with van der Waals surface area (Å²) in [6, 6.07) is 4.47. The first-order valence-electron chi connectivity index (χ1n) is 5.83. The van der Waals surface area contributed by atoms with Crippen LogP contribution >= 0.6 is 11.6 Å². The number of aromatic carboxylic acids is 1. The van der Waals surface area contributed by atoms with Crippen molar-refractivity contribution < 1.29 is 22.8 Å². The van der Waals surface area contributed by atoms with Gasteiger partial charge >= 0.3 is 17.3 Å². The minimum absolute atomic E-state index is 0.00608. The van der Waals surface area contributed by atoms with E-state index in [-0.39, 0.29) is 23.2 Å². The number of benzene rings is 1. The first-order chi connectivity index (χ1) is 9.31. The zero-order valence-electron chi connectivity index (χ0n) is 11.1. The molecule has 0 aromatic heterocycles. The van der Waals surface area contributed by atoms with Crippen LogP contribution in [0.1, 0.15) is 24.2 Å². The Balaban J connectivity index is 2.97. The molecule has 0 fully saturated rings. The Labute approximate surface area is 124 Å². The molecule has 1 atom stereocenters. The van der Waals surface area contributed by atoms with E-state index in [1.165, 1.54) is 12.1 Å². The molecule has 0 aliphatic rings. The number of hydrogen-bond donors (Lipinski definition) is 2. The van der Waals surface area contributed by atoms with Crippen LogP contribution in [0.25, 0.3) is 0 Å². The lowest BCUT2D eigenvalue weighted by Gasteiger charge is -2.25. The number of anilines is 1. The molecular weight excluding hydrogens is 306 g/mol. The van der Waals surface area contributed by atoms with Crippen LogP contribution in [0.15, 0.2) is 18.2 Å². The Morgan fingerprint density at radius 3 is 2.60 bits per heavy atom. The first kappa shape index (κ1) is 16.9. The van der Waals surface area contributed by atoms with Crippen molar-refractivity contribution in [2.75, 3.05) is 18.2 Å². The van der Waals surface area contributed by atoms with Crippen molar-refractivity contribution >= 4 is 34.6 Å². The highest BCUT2D eigenvalue weighted by Gasteiger charge is 2.14.